The molecule has 0 aromatic carbocycles. The van der Waals surface area contributed by atoms with Crippen LogP contribution in [0.25, 0.3) is 0 Å². The van der Waals surface area contributed by atoms with E-state index in [0.29, 0.717) is 26.1 Å². The van der Waals surface area contributed by atoms with Gasteiger partial charge in [-0.1, -0.05) is 0 Å². The van der Waals surface area contributed by atoms with Gasteiger partial charge in [0.25, 0.3) is 10.2 Å². The highest BCUT2D eigenvalue weighted by atomic mass is 32.2. The third kappa shape index (κ3) is 2.21. The molecular weight excluding hydrogens is 188 g/mol. The van der Waals surface area contributed by atoms with E-state index in [1.807, 2.05) is 0 Å². The normalized spacial score (nSPS) is 23.1. The van der Waals surface area contributed by atoms with E-state index in [2.05, 4.69) is 5.92 Å². The van der Waals surface area contributed by atoms with E-state index >= 15 is 0 Å². The first kappa shape index (κ1) is 10.5. The predicted octanol–water partition coefficient (Wildman–Crippen LogP) is -0.108. The van der Waals surface area contributed by atoms with Gasteiger partial charge in [-0.05, 0) is 6.42 Å². The van der Waals surface area contributed by atoms with Crippen LogP contribution in [0.2, 0.25) is 0 Å². The molecule has 0 aromatic heterocycles. The SMILES string of the molecule is C#CCCCN1CCN(C)S1(=O)=O. The van der Waals surface area contributed by atoms with Crippen LogP contribution in [0.5, 0.6) is 0 Å². The highest BCUT2D eigenvalue weighted by molar-refractivity contribution is 7.87. The molecule has 1 rings (SSSR count). The van der Waals surface area contributed by atoms with Crippen molar-refractivity contribution in [3.63, 3.8) is 0 Å². The molecule has 13 heavy (non-hydrogen) atoms. The largest absolute Gasteiger partial charge is 0.281 e. The molecule has 0 unspecified atom stereocenters. The minimum atomic E-state index is -3.15. The maximum Gasteiger partial charge on any atom is 0.281 e. The van der Waals surface area contributed by atoms with E-state index in [1.165, 1.54) is 8.61 Å². The lowest BCUT2D eigenvalue weighted by molar-refractivity contribution is 0.443. The summed E-state index contributed by atoms with van der Waals surface area (Å²) in [6.07, 6.45) is 6.45. The van der Waals surface area contributed by atoms with Crippen LogP contribution in [0.1, 0.15) is 12.8 Å². The molecule has 0 spiro atoms. The zero-order chi connectivity index (χ0) is 9.90. The van der Waals surface area contributed by atoms with Crippen LogP contribution in [0.4, 0.5) is 0 Å². The van der Waals surface area contributed by atoms with Crippen LogP contribution in [0.15, 0.2) is 0 Å². The molecule has 1 saturated heterocycles. The van der Waals surface area contributed by atoms with Crippen LogP contribution in [0, 0.1) is 12.3 Å². The Kier molecular flexibility index (Phi) is 3.31. The number of unbranched alkanes of at least 4 members (excludes halogenated alkanes) is 1. The molecule has 1 aliphatic rings. The molecule has 0 amide bonds. The quantitative estimate of drug-likeness (QED) is 0.473. The number of terminal acetylenes is 1. The van der Waals surface area contributed by atoms with Crippen molar-refractivity contribution in [2.45, 2.75) is 12.8 Å². The highest BCUT2D eigenvalue weighted by Gasteiger charge is 2.32. The van der Waals surface area contributed by atoms with Gasteiger partial charge >= 0.3 is 0 Å². The lowest BCUT2D eigenvalue weighted by Crippen LogP contribution is -2.31. The van der Waals surface area contributed by atoms with Crippen molar-refractivity contribution in [1.82, 2.24) is 8.61 Å². The van der Waals surface area contributed by atoms with Crippen molar-refractivity contribution in [2.24, 2.45) is 0 Å². The van der Waals surface area contributed by atoms with Gasteiger partial charge in [0.1, 0.15) is 0 Å². The minimum absolute atomic E-state index is 0.539. The molecule has 74 valence electrons. The smallest absolute Gasteiger partial charge is 0.195 e. The number of rotatable bonds is 3. The second-order valence-electron chi connectivity index (χ2n) is 3.04. The van der Waals surface area contributed by atoms with Gasteiger partial charge < -0.3 is 0 Å². The van der Waals surface area contributed by atoms with Crippen LogP contribution < -0.4 is 0 Å². The van der Waals surface area contributed by atoms with Gasteiger partial charge in [0.05, 0.1) is 0 Å². The summed E-state index contributed by atoms with van der Waals surface area (Å²) < 4.78 is 25.8. The molecule has 0 N–H and O–H groups in total. The predicted molar refractivity (Wildman–Crippen MR) is 51.2 cm³/mol. The van der Waals surface area contributed by atoms with E-state index in [9.17, 15) is 8.42 Å². The number of likely N-dealkylation sites (N-methyl/N-ethyl adjacent to an activating group) is 1. The summed E-state index contributed by atoms with van der Waals surface area (Å²) in [6, 6.07) is 0. The van der Waals surface area contributed by atoms with Crippen molar-refractivity contribution in [1.29, 1.82) is 0 Å². The van der Waals surface area contributed by atoms with Crippen LogP contribution in [-0.2, 0) is 10.2 Å². The maximum atomic E-state index is 11.5. The topological polar surface area (TPSA) is 40.6 Å². The van der Waals surface area contributed by atoms with Crippen LogP contribution >= 0.6 is 0 Å². The Labute approximate surface area is 79.7 Å². The van der Waals surface area contributed by atoms with Gasteiger partial charge in [-0.25, -0.2) is 0 Å². The molecule has 1 heterocycles. The summed E-state index contributed by atoms with van der Waals surface area (Å²) in [4.78, 5) is 0. The monoisotopic (exact) mass is 202 g/mol. The summed E-state index contributed by atoms with van der Waals surface area (Å²) in [5.74, 6) is 2.50. The van der Waals surface area contributed by atoms with E-state index in [1.54, 1.807) is 7.05 Å². The third-order valence-electron chi connectivity index (χ3n) is 2.11. The molecule has 0 atom stereocenters. The first-order valence-corrected chi connectivity index (χ1v) is 5.63. The van der Waals surface area contributed by atoms with Gasteiger partial charge in [-0.2, -0.15) is 17.0 Å². The minimum Gasteiger partial charge on any atom is -0.195 e. The average molecular weight is 202 g/mol. The molecule has 0 saturated carbocycles. The van der Waals surface area contributed by atoms with E-state index in [4.69, 9.17) is 6.42 Å². The van der Waals surface area contributed by atoms with Crippen molar-refractivity contribution in [3.05, 3.63) is 0 Å². The van der Waals surface area contributed by atoms with Gasteiger partial charge in [0.15, 0.2) is 0 Å². The molecule has 0 aliphatic carbocycles. The fourth-order valence-electron chi connectivity index (χ4n) is 1.26. The lowest BCUT2D eigenvalue weighted by atomic mass is 10.3. The molecule has 4 nitrogen and oxygen atoms in total. The number of hydrogen-bond donors (Lipinski definition) is 0. The first-order chi connectivity index (χ1) is 6.09. The van der Waals surface area contributed by atoms with Crippen LogP contribution in [-0.4, -0.2) is 43.7 Å². The van der Waals surface area contributed by atoms with Crippen molar-refractivity contribution in [2.75, 3.05) is 26.7 Å². The summed E-state index contributed by atoms with van der Waals surface area (Å²) in [5, 5.41) is 0. The van der Waals surface area contributed by atoms with Gasteiger partial charge in [-0.3, -0.25) is 0 Å². The summed E-state index contributed by atoms with van der Waals surface area (Å²) in [6.45, 7) is 1.71. The van der Waals surface area contributed by atoms with Gasteiger partial charge in [-0.15, -0.1) is 12.3 Å². The lowest BCUT2D eigenvalue weighted by Gasteiger charge is -2.14. The Balaban J connectivity index is 2.49. The Morgan fingerprint density at radius 3 is 2.62 bits per heavy atom. The van der Waals surface area contributed by atoms with E-state index < -0.39 is 10.2 Å². The Bertz CT molecular complexity index is 305. The molecule has 0 bridgehead atoms. The molecular formula is C8H14N2O2S. The highest BCUT2D eigenvalue weighted by Crippen LogP contribution is 2.14. The standard InChI is InChI=1S/C8H14N2O2S/c1-3-4-5-6-10-8-7-9(2)13(10,11)12/h1H,4-8H2,2H3. The van der Waals surface area contributed by atoms with Gasteiger partial charge in [0.2, 0.25) is 0 Å². The van der Waals surface area contributed by atoms with Crippen molar-refractivity contribution >= 4 is 10.2 Å². The molecule has 5 heteroatoms. The molecule has 1 fully saturated rings. The summed E-state index contributed by atoms with van der Waals surface area (Å²) in [7, 11) is -1.55. The average Bonchev–Trinajstić information content (AvgIpc) is 2.32. The van der Waals surface area contributed by atoms with Gasteiger partial charge in [0, 0.05) is 33.1 Å². The fourth-order valence-corrected chi connectivity index (χ4v) is 2.64. The van der Waals surface area contributed by atoms with Crippen LogP contribution in [0.3, 0.4) is 0 Å². The second-order valence-corrected chi connectivity index (χ2v) is 5.07. The number of nitrogens with zero attached hydrogens (tertiary/aromatic N) is 2. The molecule has 1 aliphatic heterocycles. The summed E-state index contributed by atoms with van der Waals surface area (Å²) in [5.41, 5.74) is 0. The fraction of sp³-hybridized carbons (Fsp3) is 0.750. The molecule has 0 aromatic rings. The van der Waals surface area contributed by atoms with E-state index in [0.717, 1.165) is 6.42 Å². The van der Waals surface area contributed by atoms with E-state index in [-0.39, 0.29) is 0 Å². The molecule has 0 radical (unpaired) electrons. The first-order valence-electron chi connectivity index (χ1n) is 4.24. The van der Waals surface area contributed by atoms with Crippen molar-refractivity contribution < 1.29 is 8.42 Å². The zero-order valence-electron chi connectivity index (χ0n) is 7.73. The Morgan fingerprint density at radius 1 is 1.46 bits per heavy atom. The maximum absolute atomic E-state index is 11.5. The number of hydrogen-bond acceptors (Lipinski definition) is 2. The zero-order valence-corrected chi connectivity index (χ0v) is 8.55. The third-order valence-corrected chi connectivity index (χ3v) is 4.10. The second kappa shape index (κ2) is 4.09. The summed E-state index contributed by atoms with van der Waals surface area (Å²) >= 11 is 0. The van der Waals surface area contributed by atoms with Crippen molar-refractivity contribution in [3.8, 4) is 12.3 Å². The Hall–Kier alpha value is -0.570. The Morgan fingerprint density at radius 2 is 2.15 bits per heavy atom.